The fourth-order valence-corrected chi connectivity index (χ4v) is 1.18. The van der Waals surface area contributed by atoms with Crippen LogP contribution in [0.25, 0.3) is 5.57 Å². The second-order valence-electron chi connectivity index (χ2n) is 3.04. The van der Waals surface area contributed by atoms with Crippen LogP contribution >= 0.6 is 0 Å². The molecule has 0 saturated carbocycles. The number of benzene rings is 1. The Morgan fingerprint density at radius 1 is 1.25 bits per heavy atom. The quantitative estimate of drug-likeness (QED) is 0.629. The van der Waals surface area contributed by atoms with Crippen molar-refractivity contribution in [2.45, 2.75) is 26.7 Å². The molecule has 0 aliphatic rings. The third kappa shape index (κ3) is 2.54. The number of unbranched alkanes of at least 4 members (excludes halogenated alkanes) is 1. The Morgan fingerprint density at radius 2 is 1.92 bits per heavy atom. The Morgan fingerprint density at radius 3 is 2.50 bits per heavy atom. The van der Waals surface area contributed by atoms with E-state index in [0.717, 1.165) is 0 Å². The molecular weight excluding hydrogens is 144 g/mol. The van der Waals surface area contributed by atoms with Crippen molar-refractivity contribution in [2.75, 3.05) is 0 Å². The molecule has 0 aromatic heterocycles. The summed E-state index contributed by atoms with van der Waals surface area (Å²) >= 11 is 0. The second kappa shape index (κ2) is 4.76. The highest BCUT2D eigenvalue weighted by atomic mass is 14.0. The molecule has 0 atom stereocenters. The van der Waals surface area contributed by atoms with Gasteiger partial charge in [0, 0.05) is 0 Å². The summed E-state index contributed by atoms with van der Waals surface area (Å²) in [7, 11) is 0. The lowest BCUT2D eigenvalue weighted by Gasteiger charge is -1.99. The first-order valence-electron chi connectivity index (χ1n) is 4.56. The zero-order valence-electron chi connectivity index (χ0n) is 7.88. The summed E-state index contributed by atoms with van der Waals surface area (Å²) in [5.74, 6) is 0. The van der Waals surface area contributed by atoms with Crippen LogP contribution in [0.15, 0.2) is 36.4 Å². The molecule has 0 spiro atoms. The van der Waals surface area contributed by atoms with Gasteiger partial charge in [-0.1, -0.05) is 49.8 Å². The lowest BCUT2D eigenvalue weighted by Crippen LogP contribution is -1.77. The van der Waals surface area contributed by atoms with Crippen LogP contribution in [0.4, 0.5) is 0 Å². The van der Waals surface area contributed by atoms with Crippen molar-refractivity contribution in [3.05, 3.63) is 42.0 Å². The van der Waals surface area contributed by atoms with Gasteiger partial charge in [0.05, 0.1) is 0 Å². The molecule has 1 rings (SSSR count). The molecule has 0 heteroatoms. The number of rotatable bonds is 3. The topological polar surface area (TPSA) is 0 Å². The first-order chi connectivity index (χ1) is 5.84. The van der Waals surface area contributed by atoms with E-state index in [2.05, 4.69) is 50.3 Å². The lowest BCUT2D eigenvalue weighted by molar-refractivity contribution is 0.959. The van der Waals surface area contributed by atoms with Crippen LogP contribution < -0.4 is 0 Å². The molecule has 0 unspecified atom stereocenters. The van der Waals surface area contributed by atoms with E-state index < -0.39 is 0 Å². The summed E-state index contributed by atoms with van der Waals surface area (Å²) < 4.78 is 0. The van der Waals surface area contributed by atoms with Crippen LogP contribution in [0.5, 0.6) is 0 Å². The summed E-state index contributed by atoms with van der Waals surface area (Å²) in [5.41, 5.74) is 2.73. The molecule has 0 nitrogen and oxygen atoms in total. The maximum absolute atomic E-state index is 2.30. The summed E-state index contributed by atoms with van der Waals surface area (Å²) in [6.45, 7) is 4.37. The van der Waals surface area contributed by atoms with Gasteiger partial charge in [0.15, 0.2) is 0 Å². The van der Waals surface area contributed by atoms with Gasteiger partial charge in [0.2, 0.25) is 0 Å². The van der Waals surface area contributed by atoms with Crippen LogP contribution in [0, 0.1) is 0 Å². The SMILES string of the molecule is CCC/C=C(/C)c1ccccc1. The minimum absolute atomic E-state index is 1.18. The normalized spacial score (nSPS) is 11.7. The Bertz CT molecular complexity index is 244. The molecular formula is C12H16. The van der Waals surface area contributed by atoms with Crippen LogP contribution in [-0.4, -0.2) is 0 Å². The number of allylic oxidation sites excluding steroid dienone is 2. The molecule has 64 valence electrons. The van der Waals surface area contributed by atoms with Crippen molar-refractivity contribution in [2.24, 2.45) is 0 Å². The monoisotopic (exact) mass is 160 g/mol. The molecule has 0 bridgehead atoms. The van der Waals surface area contributed by atoms with Gasteiger partial charge in [-0.25, -0.2) is 0 Å². The number of hydrogen-bond acceptors (Lipinski definition) is 0. The standard InChI is InChI=1S/C12H16/c1-3-4-8-11(2)12-9-6-5-7-10-12/h5-10H,3-4H2,1-2H3/b11-8-. The minimum Gasteiger partial charge on any atom is -0.0810 e. The van der Waals surface area contributed by atoms with E-state index in [4.69, 9.17) is 0 Å². The third-order valence-corrected chi connectivity index (χ3v) is 1.97. The highest BCUT2D eigenvalue weighted by Crippen LogP contribution is 2.13. The summed E-state index contributed by atoms with van der Waals surface area (Å²) in [5, 5.41) is 0. The van der Waals surface area contributed by atoms with E-state index in [9.17, 15) is 0 Å². The molecule has 0 N–H and O–H groups in total. The summed E-state index contributed by atoms with van der Waals surface area (Å²) in [6.07, 6.45) is 4.71. The highest BCUT2D eigenvalue weighted by molar-refractivity contribution is 5.63. The van der Waals surface area contributed by atoms with Gasteiger partial charge in [0.25, 0.3) is 0 Å². The predicted molar refractivity (Wildman–Crippen MR) is 55.0 cm³/mol. The molecule has 1 aromatic carbocycles. The Balaban J connectivity index is 2.71. The van der Waals surface area contributed by atoms with E-state index >= 15 is 0 Å². The van der Waals surface area contributed by atoms with Crippen molar-refractivity contribution < 1.29 is 0 Å². The average molecular weight is 160 g/mol. The molecule has 0 aliphatic heterocycles. The smallest absolute Gasteiger partial charge is 0.0231 e. The average Bonchev–Trinajstić information content (AvgIpc) is 2.15. The number of hydrogen-bond donors (Lipinski definition) is 0. The Hall–Kier alpha value is -1.04. The van der Waals surface area contributed by atoms with Crippen LogP contribution in [0.1, 0.15) is 32.3 Å². The zero-order chi connectivity index (χ0) is 8.81. The summed E-state index contributed by atoms with van der Waals surface area (Å²) in [6, 6.07) is 10.5. The van der Waals surface area contributed by atoms with E-state index in [1.165, 1.54) is 24.0 Å². The van der Waals surface area contributed by atoms with Gasteiger partial charge >= 0.3 is 0 Å². The molecule has 0 amide bonds. The van der Waals surface area contributed by atoms with Gasteiger partial charge in [0.1, 0.15) is 0 Å². The van der Waals surface area contributed by atoms with Crippen molar-refractivity contribution in [3.63, 3.8) is 0 Å². The first-order valence-corrected chi connectivity index (χ1v) is 4.56. The zero-order valence-corrected chi connectivity index (χ0v) is 7.88. The van der Waals surface area contributed by atoms with Crippen LogP contribution in [0.3, 0.4) is 0 Å². The van der Waals surface area contributed by atoms with Gasteiger partial charge in [-0.05, 0) is 24.5 Å². The Kier molecular flexibility index (Phi) is 3.59. The fraction of sp³-hybridized carbons (Fsp3) is 0.333. The van der Waals surface area contributed by atoms with E-state index in [-0.39, 0.29) is 0 Å². The van der Waals surface area contributed by atoms with Gasteiger partial charge in [-0.2, -0.15) is 0 Å². The largest absolute Gasteiger partial charge is 0.0810 e. The molecule has 0 fully saturated rings. The second-order valence-corrected chi connectivity index (χ2v) is 3.04. The molecule has 0 heterocycles. The maximum atomic E-state index is 2.30. The summed E-state index contributed by atoms with van der Waals surface area (Å²) in [4.78, 5) is 0. The minimum atomic E-state index is 1.18. The molecule has 0 saturated heterocycles. The fourth-order valence-electron chi connectivity index (χ4n) is 1.18. The highest BCUT2D eigenvalue weighted by Gasteiger charge is 1.91. The van der Waals surface area contributed by atoms with Crippen LogP contribution in [-0.2, 0) is 0 Å². The van der Waals surface area contributed by atoms with E-state index in [1.54, 1.807) is 0 Å². The third-order valence-electron chi connectivity index (χ3n) is 1.97. The van der Waals surface area contributed by atoms with Gasteiger partial charge in [-0.15, -0.1) is 0 Å². The Labute approximate surface area is 74.9 Å². The van der Waals surface area contributed by atoms with Crippen molar-refractivity contribution in [1.29, 1.82) is 0 Å². The van der Waals surface area contributed by atoms with Crippen molar-refractivity contribution >= 4 is 5.57 Å². The van der Waals surface area contributed by atoms with Gasteiger partial charge < -0.3 is 0 Å². The van der Waals surface area contributed by atoms with Crippen LogP contribution in [0.2, 0.25) is 0 Å². The molecule has 1 aromatic rings. The molecule has 0 aliphatic carbocycles. The lowest BCUT2D eigenvalue weighted by atomic mass is 10.1. The first kappa shape index (κ1) is 9.05. The van der Waals surface area contributed by atoms with Gasteiger partial charge in [-0.3, -0.25) is 0 Å². The van der Waals surface area contributed by atoms with E-state index in [0.29, 0.717) is 0 Å². The predicted octanol–water partition coefficient (Wildman–Crippen LogP) is 3.89. The molecule has 12 heavy (non-hydrogen) atoms. The molecule has 0 radical (unpaired) electrons. The maximum Gasteiger partial charge on any atom is -0.0231 e. The van der Waals surface area contributed by atoms with Crippen molar-refractivity contribution in [3.8, 4) is 0 Å². The van der Waals surface area contributed by atoms with Crippen molar-refractivity contribution in [1.82, 2.24) is 0 Å². The van der Waals surface area contributed by atoms with E-state index in [1.807, 2.05) is 0 Å².